The van der Waals surface area contributed by atoms with E-state index in [1.807, 2.05) is 0 Å². The van der Waals surface area contributed by atoms with Gasteiger partial charge < -0.3 is 9.88 Å². The molecule has 0 radical (unpaired) electrons. The number of rotatable bonds is 3. The predicted molar refractivity (Wildman–Crippen MR) is 71.4 cm³/mol. The maximum Gasteiger partial charge on any atom is 0.259 e. The average Bonchev–Trinajstić information content (AvgIpc) is 2.61. The summed E-state index contributed by atoms with van der Waals surface area (Å²) < 4.78 is 28.5. The van der Waals surface area contributed by atoms with Crippen molar-refractivity contribution in [3.05, 3.63) is 12.0 Å². The first-order valence-corrected chi connectivity index (χ1v) is 7.20. The summed E-state index contributed by atoms with van der Waals surface area (Å²) in [7, 11) is -1.70. The van der Waals surface area contributed by atoms with E-state index < -0.39 is 10.0 Å². The standard InChI is InChI=1S/C10H18N4O2S.ClH/c1-8-12-10(7-14(8)2)17(15,16)13-9-4-3-5-11-6-9;/h7,9,11,13H,3-6H2,1-2H3;1H/t9-;/m0./s1. The molecule has 2 rings (SSSR count). The zero-order valence-electron chi connectivity index (χ0n) is 10.5. The minimum atomic E-state index is -3.48. The summed E-state index contributed by atoms with van der Waals surface area (Å²) in [6.45, 7) is 3.42. The van der Waals surface area contributed by atoms with Crippen LogP contribution in [0.3, 0.4) is 0 Å². The molecule has 2 heterocycles. The third-order valence-corrected chi connectivity index (χ3v) is 4.37. The zero-order valence-corrected chi connectivity index (χ0v) is 12.1. The van der Waals surface area contributed by atoms with Gasteiger partial charge in [0.2, 0.25) is 0 Å². The van der Waals surface area contributed by atoms with E-state index in [9.17, 15) is 8.42 Å². The van der Waals surface area contributed by atoms with E-state index >= 15 is 0 Å². The lowest BCUT2D eigenvalue weighted by Gasteiger charge is -2.23. The van der Waals surface area contributed by atoms with Crippen molar-refractivity contribution < 1.29 is 8.42 Å². The second-order valence-corrected chi connectivity index (χ2v) is 6.06. The Hall–Kier alpha value is -0.630. The highest BCUT2D eigenvalue weighted by atomic mass is 35.5. The smallest absolute Gasteiger partial charge is 0.259 e. The van der Waals surface area contributed by atoms with Gasteiger partial charge in [-0.1, -0.05) is 0 Å². The Balaban J connectivity index is 0.00000162. The molecule has 0 unspecified atom stereocenters. The van der Waals surface area contributed by atoms with Gasteiger partial charge in [-0.25, -0.2) is 18.1 Å². The van der Waals surface area contributed by atoms with Crippen molar-refractivity contribution in [1.29, 1.82) is 0 Å². The number of hydrogen-bond donors (Lipinski definition) is 2. The van der Waals surface area contributed by atoms with E-state index in [0.717, 1.165) is 19.4 Å². The van der Waals surface area contributed by atoms with Crippen LogP contribution >= 0.6 is 12.4 Å². The van der Waals surface area contributed by atoms with Crippen LogP contribution in [0.1, 0.15) is 18.7 Å². The Morgan fingerprint density at radius 3 is 2.78 bits per heavy atom. The van der Waals surface area contributed by atoms with Crippen LogP contribution in [0.4, 0.5) is 0 Å². The maximum absolute atomic E-state index is 12.1. The second-order valence-electron chi connectivity index (χ2n) is 4.40. The summed E-state index contributed by atoms with van der Waals surface area (Å²) in [6, 6.07) is -0.0314. The molecule has 0 bridgehead atoms. The van der Waals surface area contributed by atoms with Crippen LogP contribution < -0.4 is 10.0 Å². The third-order valence-electron chi connectivity index (χ3n) is 2.98. The molecule has 1 aliphatic rings. The van der Waals surface area contributed by atoms with E-state index in [-0.39, 0.29) is 23.5 Å². The topological polar surface area (TPSA) is 76.0 Å². The molecule has 8 heteroatoms. The summed E-state index contributed by atoms with van der Waals surface area (Å²) in [5, 5.41) is 3.27. The molecule has 1 aliphatic heterocycles. The number of imidazole rings is 1. The lowest BCUT2D eigenvalue weighted by atomic mass is 10.1. The van der Waals surface area contributed by atoms with Crippen LogP contribution in [0, 0.1) is 6.92 Å². The highest BCUT2D eigenvalue weighted by Gasteiger charge is 2.23. The molecule has 1 saturated heterocycles. The Morgan fingerprint density at radius 1 is 1.56 bits per heavy atom. The first-order chi connectivity index (χ1) is 7.99. The summed E-state index contributed by atoms with van der Waals surface area (Å²) in [6.07, 6.45) is 3.40. The average molecular weight is 295 g/mol. The summed E-state index contributed by atoms with van der Waals surface area (Å²) >= 11 is 0. The van der Waals surface area contributed by atoms with Crippen molar-refractivity contribution >= 4 is 22.4 Å². The molecule has 6 nitrogen and oxygen atoms in total. The first-order valence-electron chi connectivity index (χ1n) is 5.72. The maximum atomic E-state index is 12.1. The van der Waals surface area contributed by atoms with Crippen molar-refractivity contribution in [2.24, 2.45) is 7.05 Å². The van der Waals surface area contributed by atoms with Gasteiger partial charge in [0, 0.05) is 25.8 Å². The van der Waals surface area contributed by atoms with Crippen molar-refractivity contribution in [2.45, 2.75) is 30.8 Å². The molecule has 2 N–H and O–H groups in total. The van der Waals surface area contributed by atoms with Gasteiger partial charge in [-0.3, -0.25) is 0 Å². The fourth-order valence-corrected chi connectivity index (χ4v) is 3.20. The lowest BCUT2D eigenvalue weighted by molar-refractivity contribution is 0.428. The van der Waals surface area contributed by atoms with Gasteiger partial charge in [-0.2, -0.15) is 0 Å². The van der Waals surface area contributed by atoms with Gasteiger partial charge in [0.05, 0.1) is 0 Å². The number of piperidine rings is 1. The van der Waals surface area contributed by atoms with Crippen molar-refractivity contribution in [2.75, 3.05) is 13.1 Å². The van der Waals surface area contributed by atoms with Crippen LogP contribution in [-0.4, -0.2) is 37.1 Å². The number of halogens is 1. The molecule has 18 heavy (non-hydrogen) atoms. The van der Waals surface area contributed by atoms with Crippen LogP contribution in [0.15, 0.2) is 11.2 Å². The predicted octanol–water partition coefficient (Wildman–Crippen LogP) is 0.181. The number of hydrogen-bond acceptors (Lipinski definition) is 4. The van der Waals surface area contributed by atoms with E-state index in [1.165, 1.54) is 6.20 Å². The molecule has 0 spiro atoms. The quantitative estimate of drug-likeness (QED) is 0.834. The highest BCUT2D eigenvalue weighted by Crippen LogP contribution is 2.10. The lowest BCUT2D eigenvalue weighted by Crippen LogP contribution is -2.45. The summed E-state index contributed by atoms with van der Waals surface area (Å²) in [5.74, 6) is 0.687. The van der Waals surface area contributed by atoms with Gasteiger partial charge in [0.15, 0.2) is 5.03 Å². The number of nitrogens with one attached hydrogen (secondary N) is 2. The van der Waals surface area contributed by atoms with Crippen molar-refractivity contribution in [1.82, 2.24) is 19.6 Å². The monoisotopic (exact) mass is 294 g/mol. The molecule has 0 saturated carbocycles. The van der Waals surface area contributed by atoms with Gasteiger partial charge in [-0.05, 0) is 26.3 Å². The highest BCUT2D eigenvalue weighted by molar-refractivity contribution is 7.89. The molecule has 1 atom stereocenters. The Bertz CT molecular complexity index is 474. The van der Waals surface area contributed by atoms with Gasteiger partial charge in [0.25, 0.3) is 10.0 Å². The van der Waals surface area contributed by atoms with Gasteiger partial charge >= 0.3 is 0 Å². The molecular weight excluding hydrogens is 276 g/mol. The Labute approximate surface area is 114 Å². The molecule has 0 amide bonds. The van der Waals surface area contributed by atoms with E-state index in [4.69, 9.17) is 0 Å². The fraction of sp³-hybridized carbons (Fsp3) is 0.700. The Morgan fingerprint density at radius 2 is 2.28 bits per heavy atom. The number of nitrogens with zero attached hydrogens (tertiary/aromatic N) is 2. The number of sulfonamides is 1. The van der Waals surface area contributed by atoms with Gasteiger partial charge in [0.1, 0.15) is 5.82 Å². The number of aryl methyl sites for hydroxylation is 2. The summed E-state index contributed by atoms with van der Waals surface area (Å²) in [5.41, 5.74) is 0. The van der Waals surface area contributed by atoms with Crippen molar-refractivity contribution in [3.63, 3.8) is 0 Å². The first kappa shape index (κ1) is 15.4. The van der Waals surface area contributed by atoms with E-state index in [2.05, 4.69) is 15.0 Å². The SMILES string of the molecule is Cc1nc(S(=O)(=O)N[C@H]2CCCNC2)cn1C.Cl. The minimum Gasteiger partial charge on any atom is -0.337 e. The number of aromatic nitrogens is 2. The summed E-state index contributed by atoms with van der Waals surface area (Å²) in [4.78, 5) is 4.04. The van der Waals surface area contributed by atoms with Crippen molar-refractivity contribution in [3.8, 4) is 0 Å². The van der Waals surface area contributed by atoms with Crippen LogP contribution in [0.2, 0.25) is 0 Å². The largest absolute Gasteiger partial charge is 0.337 e. The van der Waals surface area contributed by atoms with E-state index in [0.29, 0.717) is 12.4 Å². The van der Waals surface area contributed by atoms with Crippen LogP contribution in [-0.2, 0) is 17.1 Å². The zero-order chi connectivity index (χ0) is 12.5. The van der Waals surface area contributed by atoms with Crippen LogP contribution in [0.25, 0.3) is 0 Å². The van der Waals surface area contributed by atoms with Crippen LogP contribution in [0.5, 0.6) is 0 Å². The normalized spacial score (nSPS) is 20.4. The molecule has 0 aliphatic carbocycles. The van der Waals surface area contributed by atoms with E-state index in [1.54, 1.807) is 18.5 Å². The molecule has 1 fully saturated rings. The molecule has 0 aromatic carbocycles. The van der Waals surface area contributed by atoms with Gasteiger partial charge in [-0.15, -0.1) is 12.4 Å². The fourth-order valence-electron chi connectivity index (χ4n) is 1.89. The molecule has 104 valence electrons. The molecular formula is C10H19ClN4O2S. The molecule has 1 aromatic heterocycles. The minimum absolute atomic E-state index is 0. The molecule has 1 aromatic rings. The second kappa shape index (κ2) is 6.01. The third kappa shape index (κ3) is 3.44. The Kier molecular flexibility index (Phi) is 5.15.